The molecule has 5 nitrogen and oxygen atoms in total. The van der Waals surface area contributed by atoms with Crippen LogP contribution >= 0.6 is 0 Å². The summed E-state index contributed by atoms with van der Waals surface area (Å²) in [5.41, 5.74) is 0. The van der Waals surface area contributed by atoms with Gasteiger partial charge in [-0.25, -0.2) is 4.79 Å². The van der Waals surface area contributed by atoms with Crippen molar-refractivity contribution in [1.82, 2.24) is 4.90 Å². The van der Waals surface area contributed by atoms with E-state index >= 15 is 0 Å². The van der Waals surface area contributed by atoms with Gasteiger partial charge in [-0.05, 0) is 18.8 Å². The van der Waals surface area contributed by atoms with Gasteiger partial charge in [-0.15, -0.1) is 0 Å². The van der Waals surface area contributed by atoms with E-state index in [1.165, 1.54) is 0 Å². The third-order valence-electron chi connectivity index (χ3n) is 2.62. The number of hydrogen-bond acceptors (Lipinski definition) is 3. The zero-order valence-electron chi connectivity index (χ0n) is 12.0. The molecule has 0 aliphatic carbocycles. The smallest absolute Gasteiger partial charge is 0.410 e. The quantitative estimate of drug-likeness (QED) is 0.763. The number of carboxylic acids is 1. The first-order chi connectivity index (χ1) is 8.29. The van der Waals surface area contributed by atoms with Crippen molar-refractivity contribution in [1.29, 1.82) is 0 Å². The molecule has 5 heteroatoms. The molecule has 1 unspecified atom stereocenters. The van der Waals surface area contributed by atoms with Crippen LogP contribution in [-0.4, -0.2) is 41.3 Å². The molecule has 0 heterocycles. The van der Waals surface area contributed by atoms with Gasteiger partial charge in [-0.3, -0.25) is 4.79 Å². The van der Waals surface area contributed by atoms with Crippen LogP contribution in [0.5, 0.6) is 0 Å². The monoisotopic (exact) mass is 259 g/mol. The average molecular weight is 259 g/mol. The summed E-state index contributed by atoms with van der Waals surface area (Å²) in [4.78, 5) is 24.4. The maximum Gasteiger partial charge on any atom is 0.410 e. The number of carboxylic acid groups (broad SMARTS) is 1. The van der Waals surface area contributed by atoms with Gasteiger partial charge >= 0.3 is 12.1 Å². The molecule has 0 aliphatic heterocycles. The van der Waals surface area contributed by atoms with Crippen LogP contribution in [-0.2, 0) is 9.53 Å². The van der Waals surface area contributed by atoms with E-state index in [9.17, 15) is 9.59 Å². The van der Waals surface area contributed by atoms with Crippen molar-refractivity contribution in [2.24, 2.45) is 11.8 Å². The lowest BCUT2D eigenvalue weighted by Crippen LogP contribution is -2.46. The molecule has 0 rings (SSSR count). The number of ether oxygens (including phenoxy) is 1. The molecule has 0 aromatic heterocycles. The van der Waals surface area contributed by atoms with E-state index in [0.717, 1.165) is 0 Å². The highest BCUT2D eigenvalue weighted by molar-refractivity contribution is 5.71. The highest BCUT2D eigenvalue weighted by Crippen LogP contribution is 2.18. The van der Waals surface area contributed by atoms with Crippen molar-refractivity contribution in [2.75, 3.05) is 13.2 Å². The lowest BCUT2D eigenvalue weighted by Gasteiger charge is -2.33. The molecule has 1 N–H and O–H groups in total. The van der Waals surface area contributed by atoms with Crippen molar-refractivity contribution < 1.29 is 19.4 Å². The minimum Gasteiger partial charge on any atom is -0.481 e. The largest absolute Gasteiger partial charge is 0.481 e. The van der Waals surface area contributed by atoms with Gasteiger partial charge in [0, 0.05) is 12.6 Å². The van der Waals surface area contributed by atoms with Crippen molar-refractivity contribution in [2.45, 2.75) is 47.1 Å². The van der Waals surface area contributed by atoms with Crippen LogP contribution in [0.1, 0.15) is 41.0 Å². The van der Waals surface area contributed by atoms with Crippen molar-refractivity contribution >= 4 is 12.1 Å². The molecule has 0 saturated carbocycles. The number of aliphatic carboxylic acids is 1. The Labute approximate surface area is 109 Å². The Morgan fingerprint density at radius 2 is 1.78 bits per heavy atom. The highest BCUT2D eigenvalue weighted by atomic mass is 16.6. The number of rotatable bonds is 7. The van der Waals surface area contributed by atoms with Crippen LogP contribution in [0.25, 0.3) is 0 Å². The summed E-state index contributed by atoms with van der Waals surface area (Å²) < 4.78 is 5.01. The molecule has 0 aromatic carbocycles. The maximum absolute atomic E-state index is 11.9. The molecule has 0 fully saturated rings. The third kappa shape index (κ3) is 5.89. The fraction of sp³-hybridized carbons (Fsp3) is 0.846. The van der Waals surface area contributed by atoms with Gasteiger partial charge in [0.05, 0.1) is 13.0 Å². The lowest BCUT2D eigenvalue weighted by molar-refractivity contribution is -0.138. The Kier molecular flexibility index (Phi) is 7.39. The molecule has 0 spiro atoms. The van der Waals surface area contributed by atoms with Crippen LogP contribution in [0.15, 0.2) is 0 Å². The Morgan fingerprint density at radius 3 is 2.11 bits per heavy atom. The van der Waals surface area contributed by atoms with Crippen LogP contribution in [0.2, 0.25) is 0 Å². The summed E-state index contributed by atoms with van der Waals surface area (Å²) in [5.74, 6) is -0.555. The topological polar surface area (TPSA) is 66.8 Å². The van der Waals surface area contributed by atoms with E-state index in [1.54, 1.807) is 11.8 Å². The fourth-order valence-electron chi connectivity index (χ4n) is 1.83. The Morgan fingerprint density at radius 1 is 1.22 bits per heavy atom. The summed E-state index contributed by atoms with van der Waals surface area (Å²) in [6.07, 6.45) is -0.477. The first kappa shape index (κ1) is 16.7. The lowest BCUT2D eigenvalue weighted by atomic mass is 9.98. The minimum atomic E-state index is -0.897. The van der Waals surface area contributed by atoms with E-state index < -0.39 is 12.1 Å². The van der Waals surface area contributed by atoms with Gasteiger partial charge in [0.25, 0.3) is 0 Å². The molecule has 0 aliphatic rings. The molecular formula is C13H25NO4. The summed E-state index contributed by atoms with van der Waals surface area (Å²) >= 11 is 0. The summed E-state index contributed by atoms with van der Waals surface area (Å²) in [6.45, 7) is 10.4. The van der Waals surface area contributed by atoms with Crippen molar-refractivity contribution in [3.05, 3.63) is 0 Å². The number of nitrogens with zero attached hydrogens (tertiary/aromatic N) is 1. The van der Waals surface area contributed by atoms with Gasteiger partial charge < -0.3 is 14.7 Å². The molecule has 0 bridgehead atoms. The second kappa shape index (κ2) is 7.95. The van der Waals surface area contributed by atoms with Gasteiger partial charge in [-0.1, -0.05) is 27.7 Å². The fourth-order valence-corrected chi connectivity index (χ4v) is 1.83. The van der Waals surface area contributed by atoms with Gasteiger partial charge in [0.1, 0.15) is 0 Å². The van der Waals surface area contributed by atoms with Crippen LogP contribution in [0.4, 0.5) is 4.79 Å². The number of carbonyl (C=O) groups excluding carboxylic acids is 1. The predicted octanol–water partition coefficient (Wildman–Crippen LogP) is 2.60. The first-order valence-electron chi connectivity index (χ1n) is 6.44. The molecular weight excluding hydrogens is 234 g/mol. The predicted molar refractivity (Wildman–Crippen MR) is 69.4 cm³/mol. The first-order valence-corrected chi connectivity index (χ1v) is 6.44. The number of amides is 1. The zero-order valence-corrected chi connectivity index (χ0v) is 12.0. The van der Waals surface area contributed by atoms with Crippen molar-refractivity contribution in [3.63, 3.8) is 0 Å². The molecule has 1 atom stereocenters. The molecule has 106 valence electrons. The minimum absolute atomic E-state index is 0.0524. The standard InChI is InChI=1S/C13H25NO4/c1-6-18-13(17)14(8-9(2)3)11(10(4)5)7-12(15)16/h9-11H,6-8H2,1-5H3,(H,15,16). The van der Waals surface area contributed by atoms with Gasteiger partial charge in [0.2, 0.25) is 0 Å². The van der Waals surface area contributed by atoms with Crippen molar-refractivity contribution in [3.8, 4) is 0 Å². The normalized spacial score (nSPS) is 12.6. The Hall–Kier alpha value is -1.26. The van der Waals surface area contributed by atoms with Crippen LogP contribution < -0.4 is 0 Å². The van der Waals surface area contributed by atoms with E-state index in [4.69, 9.17) is 9.84 Å². The molecule has 1 amide bonds. The Bertz CT molecular complexity index is 276. The average Bonchev–Trinajstić information content (AvgIpc) is 2.22. The van der Waals surface area contributed by atoms with Gasteiger partial charge in [-0.2, -0.15) is 0 Å². The Balaban J connectivity index is 4.96. The second-order valence-corrected chi connectivity index (χ2v) is 5.15. The van der Waals surface area contributed by atoms with E-state index in [0.29, 0.717) is 13.2 Å². The number of carbonyl (C=O) groups is 2. The van der Waals surface area contributed by atoms with E-state index in [2.05, 4.69) is 0 Å². The van der Waals surface area contributed by atoms with Crippen LogP contribution in [0, 0.1) is 11.8 Å². The molecule has 0 saturated heterocycles. The van der Waals surface area contributed by atoms with Crippen LogP contribution in [0.3, 0.4) is 0 Å². The van der Waals surface area contributed by atoms with E-state index in [-0.39, 0.29) is 24.3 Å². The van der Waals surface area contributed by atoms with E-state index in [1.807, 2.05) is 27.7 Å². The molecule has 0 radical (unpaired) electrons. The summed E-state index contributed by atoms with van der Waals surface area (Å²) in [5, 5.41) is 8.95. The maximum atomic E-state index is 11.9. The molecule has 0 aromatic rings. The number of hydrogen-bond donors (Lipinski definition) is 1. The third-order valence-corrected chi connectivity index (χ3v) is 2.62. The molecule has 18 heavy (non-hydrogen) atoms. The second-order valence-electron chi connectivity index (χ2n) is 5.15. The highest BCUT2D eigenvalue weighted by Gasteiger charge is 2.29. The SMILES string of the molecule is CCOC(=O)N(CC(C)C)C(CC(=O)O)C(C)C. The summed E-state index contributed by atoms with van der Waals surface area (Å²) in [7, 11) is 0. The summed E-state index contributed by atoms with van der Waals surface area (Å²) in [6, 6.07) is -0.330. The zero-order chi connectivity index (χ0) is 14.3. The van der Waals surface area contributed by atoms with Gasteiger partial charge in [0.15, 0.2) is 0 Å².